The van der Waals surface area contributed by atoms with E-state index in [0.29, 0.717) is 0 Å². The van der Waals surface area contributed by atoms with E-state index in [4.69, 9.17) is 28.4 Å². The van der Waals surface area contributed by atoms with Crippen LogP contribution >= 0.6 is 0 Å². The van der Waals surface area contributed by atoms with Crippen LogP contribution in [0.25, 0.3) is 0 Å². The molecular formula is C21H30O13. The van der Waals surface area contributed by atoms with Gasteiger partial charge in [-0.1, -0.05) is 6.92 Å². The zero-order valence-corrected chi connectivity index (χ0v) is 19.1. The Bertz CT molecular complexity index is 810. The van der Waals surface area contributed by atoms with Crippen LogP contribution < -0.4 is 0 Å². The third-order valence-corrected chi connectivity index (χ3v) is 6.36. The first-order valence-electron chi connectivity index (χ1n) is 10.8. The molecule has 0 radical (unpaired) electrons. The minimum atomic E-state index is -1.70. The molecule has 4 N–H and O–H groups in total. The molecule has 0 spiro atoms. The van der Waals surface area contributed by atoms with Crippen LogP contribution in [-0.4, -0.2) is 101 Å². The van der Waals surface area contributed by atoms with Crippen LogP contribution in [0.15, 0.2) is 11.8 Å². The van der Waals surface area contributed by atoms with E-state index < -0.39 is 91.5 Å². The first-order valence-corrected chi connectivity index (χ1v) is 10.8. The largest absolute Gasteiger partial charge is 0.472 e. The molecular weight excluding hydrogens is 460 g/mol. The molecule has 0 aromatic carbocycles. The Morgan fingerprint density at radius 3 is 2.15 bits per heavy atom. The van der Waals surface area contributed by atoms with Crippen molar-refractivity contribution >= 4 is 17.9 Å². The molecule has 2 fully saturated rings. The molecule has 13 heteroatoms. The summed E-state index contributed by atoms with van der Waals surface area (Å²) in [6, 6.07) is 0. The summed E-state index contributed by atoms with van der Waals surface area (Å²) in [4.78, 5) is 36.1. The Morgan fingerprint density at radius 1 is 0.971 bits per heavy atom. The van der Waals surface area contributed by atoms with Gasteiger partial charge in [-0.15, -0.1) is 0 Å². The van der Waals surface area contributed by atoms with Gasteiger partial charge in [0.25, 0.3) is 0 Å². The van der Waals surface area contributed by atoms with Gasteiger partial charge < -0.3 is 48.8 Å². The van der Waals surface area contributed by atoms with Crippen molar-refractivity contribution in [3.05, 3.63) is 11.8 Å². The summed E-state index contributed by atoms with van der Waals surface area (Å²) in [5, 5.41) is 39.8. The van der Waals surface area contributed by atoms with Crippen molar-refractivity contribution in [2.24, 2.45) is 17.8 Å². The standard InChI is InChI=1S/C21H30O13/c1-7-12-13(18(32-9(3)24)17(7)31-8(2)23)10(19(28)29-4)6-30-20(12)34-21-16(27)15(26)14(25)11(5-22)33-21/h6-7,11-18,20-22,25-27H,5H2,1-4H3/t7-,11+,12-,13-,14+,15-,16+,17-,18+,20+,21-/m1/s1. The van der Waals surface area contributed by atoms with Crippen molar-refractivity contribution in [1.82, 2.24) is 0 Å². The summed E-state index contributed by atoms with van der Waals surface area (Å²) in [6.45, 7) is 3.39. The Labute approximate surface area is 195 Å². The predicted octanol–water partition coefficient (Wildman–Crippen LogP) is -2.04. The van der Waals surface area contributed by atoms with E-state index >= 15 is 0 Å². The van der Waals surface area contributed by atoms with E-state index in [2.05, 4.69) is 0 Å². The minimum absolute atomic E-state index is 0.0221. The number of esters is 3. The molecule has 3 rings (SSSR count). The molecule has 2 heterocycles. The van der Waals surface area contributed by atoms with Gasteiger partial charge >= 0.3 is 17.9 Å². The molecule has 2 aliphatic heterocycles. The third-order valence-electron chi connectivity index (χ3n) is 6.36. The summed E-state index contributed by atoms with van der Waals surface area (Å²) in [7, 11) is 1.16. The number of aliphatic hydroxyl groups excluding tert-OH is 4. The Morgan fingerprint density at radius 2 is 1.59 bits per heavy atom. The Hall–Kier alpha value is -2.29. The highest BCUT2D eigenvalue weighted by Gasteiger charge is 2.61. The van der Waals surface area contributed by atoms with Crippen LogP contribution in [0.4, 0.5) is 0 Å². The van der Waals surface area contributed by atoms with Crippen LogP contribution in [-0.2, 0) is 42.8 Å². The highest BCUT2D eigenvalue weighted by molar-refractivity contribution is 5.89. The molecule has 3 aliphatic rings. The topological polar surface area (TPSA) is 188 Å². The lowest BCUT2D eigenvalue weighted by Crippen LogP contribution is -2.60. The van der Waals surface area contributed by atoms with Gasteiger partial charge in [-0.25, -0.2) is 4.79 Å². The fourth-order valence-corrected chi connectivity index (χ4v) is 4.81. The van der Waals surface area contributed by atoms with Gasteiger partial charge in [0.1, 0.15) is 36.6 Å². The van der Waals surface area contributed by atoms with Crippen LogP contribution in [0.3, 0.4) is 0 Å². The first kappa shape index (κ1) is 26.3. The summed E-state index contributed by atoms with van der Waals surface area (Å²) >= 11 is 0. The Kier molecular flexibility index (Phi) is 8.16. The van der Waals surface area contributed by atoms with Crippen molar-refractivity contribution in [3.63, 3.8) is 0 Å². The maximum absolute atomic E-state index is 12.5. The first-order chi connectivity index (χ1) is 16.0. The number of carbonyl (C=O) groups is 3. The van der Waals surface area contributed by atoms with Gasteiger partial charge in [0.05, 0.1) is 25.6 Å². The third kappa shape index (κ3) is 4.90. The van der Waals surface area contributed by atoms with Crippen molar-refractivity contribution in [3.8, 4) is 0 Å². The van der Waals surface area contributed by atoms with Gasteiger partial charge in [0, 0.05) is 31.6 Å². The van der Waals surface area contributed by atoms with Gasteiger partial charge in [-0.2, -0.15) is 0 Å². The van der Waals surface area contributed by atoms with E-state index in [1.165, 1.54) is 13.8 Å². The number of hydrogen-bond donors (Lipinski definition) is 4. The quantitative estimate of drug-likeness (QED) is 0.236. The van der Waals surface area contributed by atoms with E-state index in [0.717, 1.165) is 13.4 Å². The molecule has 192 valence electrons. The Balaban J connectivity index is 1.96. The molecule has 34 heavy (non-hydrogen) atoms. The summed E-state index contributed by atoms with van der Waals surface area (Å²) in [5.41, 5.74) is 0.0221. The average Bonchev–Trinajstić information content (AvgIpc) is 3.04. The van der Waals surface area contributed by atoms with Gasteiger partial charge in [0.2, 0.25) is 6.29 Å². The van der Waals surface area contributed by atoms with Crippen LogP contribution in [0, 0.1) is 17.8 Å². The smallest absolute Gasteiger partial charge is 0.337 e. The predicted molar refractivity (Wildman–Crippen MR) is 107 cm³/mol. The average molecular weight is 490 g/mol. The summed E-state index contributed by atoms with van der Waals surface area (Å²) in [6.07, 6.45) is -9.90. The van der Waals surface area contributed by atoms with Gasteiger partial charge in [-0.05, 0) is 0 Å². The normalized spacial score (nSPS) is 41.5. The second-order valence-corrected chi connectivity index (χ2v) is 8.51. The van der Waals surface area contributed by atoms with E-state index in [9.17, 15) is 34.8 Å². The summed E-state index contributed by atoms with van der Waals surface area (Å²) < 4.78 is 32.5. The molecule has 0 unspecified atom stereocenters. The second-order valence-electron chi connectivity index (χ2n) is 8.51. The molecule has 1 saturated heterocycles. The van der Waals surface area contributed by atoms with Crippen LogP contribution in [0.1, 0.15) is 20.8 Å². The molecule has 0 bridgehead atoms. The molecule has 13 nitrogen and oxygen atoms in total. The maximum Gasteiger partial charge on any atom is 0.337 e. The van der Waals surface area contributed by atoms with Gasteiger partial charge in [-0.3, -0.25) is 9.59 Å². The number of carbonyl (C=O) groups excluding carboxylic acids is 3. The SMILES string of the molecule is COC(=O)C1=CO[C@@H](O[C@H]2O[C@@H](CO)[C@H](O)[C@@H](O)[C@@H]2O)[C@@H]2[C@@H](C)[C@@H](OC(C)=O)[C@@H](OC(C)=O)[C@H]12. The number of ether oxygens (including phenoxy) is 6. The van der Waals surface area contributed by atoms with Crippen molar-refractivity contribution in [1.29, 1.82) is 0 Å². The van der Waals surface area contributed by atoms with Crippen molar-refractivity contribution in [2.75, 3.05) is 13.7 Å². The highest BCUT2D eigenvalue weighted by atomic mass is 16.8. The van der Waals surface area contributed by atoms with Gasteiger partial charge in [0.15, 0.2) is 6.29 Å². The molecule has 0 aromatic rings. The number of methoxy groups -OCH3 is 1. The lowest BCUT2D eigenvalue weighted by Gasteiger charge is -2.43. The van der Waals surface area contributed by atoms with E-state index in [-0.39, 0.29) is 5.57 Å². The van der Waals surface area contributed by atoms with E-state index in [1.54, 1.807) is 6.92 Å². The second kappa shape index (κ2) is 10.5. The monoisotopic (exact) mass is 490 g/mol. The number of aliphatic hydroxyl groups is 4. The van der Waals surface area contributed by atoms with Crippen LogP contribution in [0.5, 0.6) is 0 Å². The fourth-order valence-electron chi connectivity index (χ4n) is 4.81. The number of rotatable bonds is 6. The van der Waals surface area contributed by atoms with Crippen molar-refractivity contribution in [2.45, 2.75) is 70.0 Å². The molecule has 0 amide bonds. The lowest BCUT2D eigenvalue weighted by molar-refractivity contribution is -0.343. The zero-order valence-electron chi connectivity index (χ0n) is 19.1. The maximum atomic E-state index is 12.5. The van der Waals surface area contributed by atoms with Crippen molar-refractivity contribution < 1.29 is 63.2 Å². The fraction of sp³-hybridized carbons (Fsp3) is 0.762. The highest BCUT2D eigenvalue weighted by Crippen LogP contribution is 2.50. The number of hydrogen-bond acceptors (Lipinski definition) is 13. The molecule has 1 saturated carbocycles. The molecule has 1 aliphatic carbocycles. The lowest BCUT2D eigenvalue weighted by atomic mass is 9.82. The van der Waals surface area contributed by atoms with Crippen LogP contribution in [0.2, 0.25) is 0 Å². The summed E-state index contributed by atoms with van der Waals surface area (Å²) in [5.74, 6) is -4.28. The van der Waals surface area contributed by atoms with E-state index in [1.807, 2.05) is 0 Å². The number of fused-ring (bicyclic) bond motifs is 1. The molecule has 11 atom stereocenters. The molecule has 0 aromatic heterocycles. The zero-order chi connectivity index (χ0) is 25.3. The minimum Gasteiger partial charge on any atom is -0.472 e.